The van der Waals surface area contributed by atoms with Crippen LogP contribution in [-0.4, -0.2) is 26.5 Å². The van der Waals surface area contributed by atoms with E-state index in [0.29, 0.717) is 24.2 Å². The summed E-state index contributed by atoms with van der Waals surface area (Å²) in [6.45, 7) is 4.47. The molecule has 5 nitrogen and oxygen atoms in total. The minimum absolute atomic E-state index is 0.185. The van der Waals surface area contributed by atoms with Gasteiger partial charge in [-0.1, -0.05) is 32.8 Å². The molecule has 0 aromatic carbocycles. The molecule has 0 saturated carbocycles. The Balaban J connectivity index is 1.43. The molecule has 0 amide bonds. The van der Waals surface area contributed by atoms with Crippen LogP contribution < -0.4 is 0 Å². The lowest BCUT2D eigenvalue weighted by Gasteiger charge is -2.30. The molecule has 3 heterocycles. The molecule has 0 atom stereocenters. The molecule has 4 aliphatic carbocycles. The highest BCUT2D eigenvalue weighted by atomic mass is 16.1. The summed E-state index contributed by atoms with van der Waals surface area (Å²) in [5.74, 6) is 0.370. The van der Waals surface area contributed by atoms with Gasteiger partial charge >= 0.3 is 0 Å². The van der Waals surface area contributed by atoms with Gasteiger partial charge in [0.15, 0.2) is 11.6 Å². The first kappa shape index (κ1) is 25.7. The van der Waals surface area contributed by atoms with Gasteiger partial charge in [0.1, 0.15) is 11.4 Å². The van der Waals surface area contributed by atoms with Crippen molar-refractivity contribution < 1.29 is 9.59 Å². The van der Waals surface area contributed by atoms with E-state index >= 15 is 0 Å². The SMILES string of the molecule is CCCCc1c2c(nc3c1CCc1cc4c(nc1-3)-c1nc3c(c(CCCC)c1CC4)CCCC3=O)C(=O)CCC2. The number of carbonyl (C=O) groups excluding carboxylic acids is 2. The van der Waals surface area contributed by atoms with Crippen LogP contribution in [0.2, 0.25) is 0 Å². The van der Waals surface area contributed by atoms with E-state index in [1.807, 2.05) is 0 Å². The number of unbranched alkanes of at least 4 members (excludes halogenated alkanes) is 2. The van der Waals surface area contributed by atoms with Gasteiger partial charge in [-0.15, -0.1) is 0 Å². The Kier molecular flexibility index (Phi) is 6.64. The fraction of sp³-hybridized carbons (Fsp3) is 0.514. The largest absolute Gasteiger partial charge is 0.292 e. The van der Waals surface area contributed by atoms with Gasteiger partial charge in [0.05, 0.1) is 22.8 Å². The molecular formula is C35H39N3O2. The normalized spacial score (nSPS) is 16.9. The molecule has 40 heavy (non-hydrogen) atoms. The van der Waals surface area contributed by atoms with Crippen molar-refractivity contribution in [2.45, 2.75) is 117 Å². The summed E-state index contributed by atoms with van der Waals surface area (Å²) in [5.41, 5.74) is 15.4. The van der Waals surface area contributed by atoms with Crippen molar-refractivity contribution >= 4 is 11.6 Å². The minimum Gasteiger partial charge on any atom is -0.292 e. The summed E-state index contributed by atoms with van der Waals surface area (Å²) in [6, 6.07) is 2.34. The molecule has 0 unspecified atom stereocenters. The molecule has 4 aliphatic rings. The Morgan fingerprint density at radius 2 is 0.950 bits per heavy atom. The highest BCUT2D eigenvalue weighted by Crippen LogP contribution is 2.43. The minimum atomic E-state index is 0.185. The number of ketones is 2. The second kappa shape index (κ2) is 10.3. The third-order valence-corrected chi connectivity index (χ3v) is 9.72. The molecule has 0 bridgehead atoms. The monoisotopic (exact) mass is 533 g/mol. The topological polar surface area (TPSA) is 72.8 Å². The second-order valence-electron chi connectivity index (χ2n) is 12.3. The summed E-state index contributed by atoms with van der Waals surface area (Å²) in [7, 11) is 0. The molecule has 5 heteroatoms. The van der Waals surface area contributed by atoms with E-state index < -0.39 is 0 Å². The lowest BCUT2D eigenvalue weighted by atomic mass is 9.79. The van der Waals surface area contributed by atoms with Crippen LogP contribution in [0.25, 0.3) is 22.8 Å². The number of hydrogen-bond acceptors (Lipinski definition) is 5. The van der Waals surface area contributed by atoms with E-state index in [9.17, 15) is 9.59 Å². The smallest absolute Gasteiger partial charge is 0.181 e. The Morgan fingerprint density at radius 1 is 0.525 bits per heavy atom. The Bertz CT molecular complexity index is 1460. The fourth-order valence-electron chi connectivity index (χ4n) is 7.67. The number of pyridine rings is 3. The molecule has 0 saturated heterocycles. The number of aryl methyl sites for hydroxylation is 2. The van der Waals surface area contributed by atoms with Crippen molar-refractivity contribution in [1.29, 1.82) is 0 Å². The molecule has 3 aromatic rings. The van der Waals surface area contributed by atoms with Gasteiger partial charge < -0.3 is 0 Å². The van der Waals surface area contributed by atoms with Gasteiger partial charge in [0, 0.05) is 12.8 Å². The molecular weight excluding hydrogens is 494 g/mol. The van der Waals surface area contributed by atoms with Crippen LogP contribution in [0.3, 0.4) is 0 Å². The summed E-state index contributed by atoms with van der Waals surface area (Å²) >= 11 is 0. The summed E-state index contributed by atoms with van der Waals surface area (Å²) in [4.78, 5) is 41.7. The maximum absolute atomic E-state index is 13.1. The maximum Gasteiger partial charge on any atom is 0.181 e. The molecule has 206 valence electrons. The van der Waals surface area contributed by atoms with Crippen molar-refractivity contribution in [1.82, 2.24) is 15.0 Å². The predicted molar refractivity (Wildman–Crippen MR) is 157 cm³/mol. The zero-order valence-corrected chi connectivity index (χ0v) is 24.0. The van der Waals surface area contributed by atoms with Gasteiger partial charge in [-0.3, -0.25) is 9.59 Å². The van der Waals surface area contributed by atoms with E-state index in [1.165, 1.54) is 44.5 Å². The van der Waals surface area contributed by atoms with Crippen molar-refractivity contribution in [3.8, 4) is 22.8 Å². The average Bonchev–Trinajstić information content (AvgIpc) is 2.97. The van der Waals surface area contributed by atoms with E-state index in [1.54, 1.807) is 0 Å². The van der Waals surface area contributed by atoms with Crippen LogP contribution in [0.5, 0.6) is 0 Å². The Hall–Kier alpha value is -3.21. The quantitative estimate of drug-likeness (QED) is 0.337. The molecule has 0 fully saturated rings. The molecule has 0 aliphatic heterocycles. The number of fused-ring (bicyclic) bond motifs is 8. The molecule has 0 radical (unpaired) electrons. The average molecular weight is 534 g/mol. The van der Waals surface area contributed by atoms with Gasteiger partial charge in [0.25, 0.3) is 0 Å². The first-order valence-electron chi connectivity index (χ1n) is 15.8. The van der Waals surface area contributed by atoms with E-state index in [2.05, 4.69) is 19.9 Å². The van der Waals surface area contributed by atoms with Crippen LogP contribution in [0.1, 0.15) is 131 Å². The van der Waals surface area contributed by atoms with Gasteiger partial charge in [-0.2, -0.15) is 0 Å². The van der Waals surface area contributed by atoms with Crippen LogP contribution in [0.4, 0.5) is 0 Å². The second-order valence-corrected chi connectivity index (χ2v) is 12.3. The van der Waals surface area contributed by atoms with E-state index in [0.717, 1.165) is 113 Å². The van der Waals surface area contributed by atoms with E-state index in [-0.39, 0.29) is 11.6 Å². The first-order chi connectivity index (χ1) is 19.6. The number of carbonyl (C=O) groups is 2. The highest BCUT2D eigenvalue weighted by molar-refractivity contribution is 5.99. The third kappa shape index (κ3) is 4.07. The van der Waals surface area contributed by atoms with E-state index in [4.69, 9.17) is 15.0 Å². The number of nitrogens with zero attached hydrogens (tertiary/aromatic N) is 3. The zero-order chi connectivity index (χ0) is 27.4. The lowest BCUT2D eigenvalue weighted by molar-refractivity contribution is 0.0959. The molecule has 0 spiro atoms. The third-order valence-electron chi connectivity index (χ3n) is 9.72. The van der Waals surface area contributed by atoms with Crippen molar-refractivity contribution in [3.05, 3.63) is 62.0 Å². The lowest BCUT2D eigenvalue weighted by Crippen LogP contribution is -2.23. The molecule has 3 aromatic heterocycles. The van der Waals surface area contributed by atoms with Crippen molar-refractivity contribution in [2.75, 3.05) is 0 Å². The molecule has 7 rings (SSSR count). The highest BCUT2D eigenvalue weighted by Gasteiger charge is 2.33. The van der Waals surface area contributed by atoms with Crippen LogP contribution in [0, 0.1) is 0 Å². The first-order valence-corrected chi connectivity index (χ1v) is 15.8. The number of aromatic nitrogens is 3. The standard InChI is InChI=1S/C35H39N3O2/c1-3-5-9-22-24-11-7-13-28(39)32(24)37-34-26(22)17-15-20-19-21-16-18-27-23(10-6-4-2)25-12-8-14-29(40)33(25)38-35(27)31(21)36-30(20)34/h19H,3-18H2,1-2H3. The van der Waals surface area contributed by atoms with Crippen LogP contribution in [-0.2, 0) is 51.4 Å². The predicted octanol–water partition coefficient (Wildman–Crippen LogP) is 7.13. The summed E-state index contributed by atoms with van der Waals surface area (Å²) in [6.07, 6.45) is 15.3. The van der Waals surface area contributed by atoms with Gasteiger partial charge in [0.2, 0.25) is 0 Å². The Morgan fingerprint density at radius 3 is 1.40 bits per heavy atom. The number of hydrogen-bond donors (Lipinski definition) is 0. The molecule has 0 N–H and O–H groups in total. The number of Topliss-reactive ketones (excluding diaryl/α,β-unsaturated/α-hetero) is 2. The zero-order valence-electron chi connectivity index (χ0n) is 24.0. The van der Waals surface area contributed by atoms with Crippen molar-refractivity contribution in [3.63, 3.8) is 0 Å². The van der Waals surface area contributed by atoms with Gasteiger partial charge in [-0.25, -0.2) is 15.0 Å². The maximum atomic E-state index is 13.1. The van der Waals surface area contributed by atoms with Crippen LogP contribution >= 0.6 is 0 Å². The van der Waals surface area contributed by atoms with Crippen molar-refractivity contribution in [2.24, 2.45) is 0 Å². The van der Waals surface area contributed by atoms with Gasteiger partial charge in [-0.05, 0) is 122 Å². The number of rotatable bonds is 6. The summed E-state index contributed by atoms with van der Waals surface area (Å²) < 4.78 is 0. The fourth-order valence-corrected chi connectivity index (χ4v) is 7.67. The van der Waals surface area contributed by atoms with Crippen LogP contribution in [0.15, 0.2) is 6.07 Å². The summed E-state index contributed by atoms with van der Waals surface area (Å²) in [5, 5.41) is 0. The Labute approximate surface area is 237 Å².